The van der Waals surface area contributed by atoms with Gasteiger partial charge in [-0.2, -0.15) is 0 Å². The average molecular weight is 326 g/mol. The smallest absolute Gasteiger partial charge is 0.0960 e. The molecule has 3 aromatic rings. The molecule has 1 aliphatic rings. The molecule has 23 heavy (non-hydrogen) atoms. The molecule has 0 atom stereocenters. The third-order valence-corrected chi connectivity index (χ3v) is 4.97. The number of halogens is 1. The fraction of sp³-hybridized carbons (Fsp3) is 0.316. The molecule has 118 valence electrons. The van der Waals surface area contributed by atoms with Gasteiger partial charge in [0, 0.05) is 30.7 Å². The monoisotopic (exact) mass is 325 g/mol. The molecular weight excluding hydrogens is 306 g/mol. The number of likely N-dealkylation sites (tertiary alicyclic amines) is 1. The highest BCUT2D eigenvalue weighted by Crippen LogP contribution is 2.28. The van der Waals surface area contributed by atoms with E-state index in [0.29, 0.717) is 6.04 Å². The Kier molecular flexibility index (Phi) is 4.06. The molecule has 0 N–H and O–H groups in total. The van der Waals surface area contributed by atoms with Crippen LogP contribution in [0, 0.1) is 0 Å². The van der Waals surface area contributed by atoms with E-state index in [-0.39, 0.29) is 0 Å². The molecular formula is C19H20ClN3. The lowest BCUT2D eigenvalue weighted by molar-refractivity contribution is 0.181. The first kappa shape index (κ1) is 14.7. The standard InChI is InChI=1S/C19H20ClN3/c20-16-6-7-19-18(12-16)21-14-23(19)17-8-10-22(11-9-17)13-15-4-2-1-3-5-15/h1-7,12,14,17H,8-11,13H2. The van der Waals surface area contributed by atoms with E-state index >= 15 is 0 Å². The van der Waals surface area contributed by atoms with E-state index in [2.05, 4.69) is 50.8 Å². The number of aromatic nitrogens is 2. The Morgan fingerprint density at radius 2 is 1.83 bits per heavy atom. The molecule has 0 bridgehead atoms. The lowest BCUT2D eigenvalue weighted by atomic mass is 10.0. The second-order valence-corrected chi connectivity index (χ2v) is 6.71. The summed E-state index contributed by atoms with van der Waals surface area (Å²) < 4.78 is 2.32. The molecule has 0 aliphatic carbocycles. The number of rotatable bonds is 3. The van der Waals surface area contributed by atoms with Crippen molar-refractivity contribution < 1.29 is 0 Å². The maximum absolute atomic E-state index is 6.05. The van der Waals surface area contributed by atoms with E-state index in [4.69, 9.17) is 11.6 Å². The molecule has 3 nitrogen and oxygen atoms in total. The van der Waals surface area contributed by atoms with E-state index in [9.17, 15) is 0 Å². The van der Waals surface area contributed by atoms with Crippen LogP contribution >= 0.6 is 11.6 Å². The van der Waals surface area contributed by atoms with Crippen molar-refractivity contribution >= 4 is 22.6 Å². The summed E-state index contributed by atoms with van der Waals surface area (Å²) in [5.74, 6) is 0. The van der Waals surface area contributed by atoms with Crippen molar-refractivity contribution in [2.75, 3.05) is 13.1 Å². The third-order valence-electron chi connectivity index (χ3n) is 4.74. The first-order valence-corrected chi connectivity index (χ1v) is 8.56. The lowest BCUT2D eigenvalue weighted by Crippen LogP contribution is -2.34. The number of nitrogens with zero attached hydrogens (tertiary/aromatic N) is 3. The van der Waals surface area contributed by atoms with Crippen LogP contribution in [0.25, 0.3) is 11.0 Å². The zero-order chi connectivity index (χ0) is 15.6. The van der Waals surface area contributed by atoms with Gasteiger partial charge in [-0.3, -0.25) is 4.90 Å². The number of hydrogen-bond acceptors (Lipinski definition) is 2. The second-order valence-electron chi connectivity index (χ2n) is 6.28. The lowest BCUT2D eigenvalue weighted by Gasteiger charge is -2.32. The van der Waals surface area contributed by atoms with Gasteiger partial charge in [0.1, 0.15) is 0 Å². The highest BCUT2D eigenvalue weighted by molar-refractivity contribution is 6.31. The number of imidazole rings is 1. The first-order valence-electron chi connectivity index (χ1n) is 8.18. The van der Waals surface area contributed by atoms with Crippen molar-refractivity contribution in [1.82, 2.24) is 14.5 Å². The Bertz CT molecular complexity index is 789. The predicted molar refractivity (Wildman–Crippen MR) is 94.7 cm³/mol. The van der Waals surface area contributed by atoms with Crippen molar-refractivity contribution in [3.63, 3.8) is 0 Å². The van der Waals surface area contributed by atoms with Crippen LogP contribution in [0.2, 0.25) is 5.02 Å². The topological polar surface area (TPSA) is 21.1 Å². The summed E-state index contributed by atoms with van der Waals surface area (Å²) in [6.45, 7) is 3.31. The van der Waals surface area contributed by atoms with Crippen molar-refractivity contribution in [1.29, 1.82) is 0 Å². The largest absolute Gasteiger partial charge is 0.327 e. The summed E-state index contributed by atoms with van der Waals surface area (Å²) in [4.78, 5) is 7.05. The Labute approximate surface area is 141 Å². The molecule has 1 aliphatic heterocycles. The van der Waals surface area contributed by atoms with Crippen LogP contribution in [0.1, 0.15) is 24.4 Å². The van der Waals surface area contributed by atoms with Gasteiger partial charge in [0.15, 0.2) is 0 Å². The molecule has 2 aromatic carbocycles. The molecule has 0 amide bonds. The Morgan fingerprint density at radius 1 is 1.04 bits per heavy atom. The molecule has 0 saturated carbocycles. The van der Waals surface area contributed by atoms with Gasteiger partial charge in [0.25, 0.3) is 0 Å². The van der Waals surface area contributed by atoms with E-state index < -0.39 is 0 Å². The van der Waals surface area contributed by atoms with Gasteiger partial charge >= 0.3 is 0 Å². The first-order chi connectivity index (χ1) is 11.3. The van der Waals surface area contributed by atoms with Gasteiger partial charge in [-0.05, 0) is 36.6 Å². The van der Waals surface area contributed by atoms with Gasteiger partial charge < -0.3 is 4.57 Å². The van der Waals surface area contributed by atoms with Gasteiger partial charge in [-0.25, -0.2) is 4.98 Å². The van der Waals surface area contributed by atoms with Crippen LogP contribution < -0.4 is 0 Å². The highest BCUT2D eigenvalue weighted by Gasteiger charge is 2.21. The molecule has 0 radical (unpaired) electrons. The molecule has 2 heterocycles. The second kappa shape index (κ2) is 6.34. The Morgan fingerprint density at radius 3 is 2.61 bits per heavy atom. The van der Waals surface area contributed by atoms with Crippen LogP contribution in [0.4, 0.5) is 0 Å². The zero-order valence-electron chi connectivity index (χ0n) is 13.0. The number of piperidine rings is 1. The summed E-state index contributed by atoms with van der Waals surface area (Å²) in [5.41, 5.74) is 3.58. The molecule has 0 unspecified atom stereocenters. The van der Waals surface area contributed by atoms with Gasteiger partial charge in [0.05, 0.1) is 17.4 Å². The zero-order valence-corrected chi connectivity index (χ0v) is 13.8. The number of benzene rings is 2. The average Bonchev–Trinajstić information content (AvgIpc) is 2.99. The van der Waals surface area contributed by atoms with Crippen LogP contribution in [0.5, 0.6) is 0 Å². The SMILES string of the molecule is Clc1ccc2c(c1)ncn2C1CCN(Cc2ccccc2)CC1. The van der Waals surface area contributed by atoms with Crippen molar-refractivity contribution in [2.45, 2.75) is 25.4 Å². The minimum Gasteiger partial charge on any atom is -0.327 e. The highest BCUT2D eigenvalue weighted by atomic mass is 35.5. The predicted octanol–water partition coefficient (Wildman–Crippen LogP) is 4.53. The van der Waals surface area contributed by atoms with Crippen molar-refractivity contribution in [3.8, 4) is 0 Å². The normalized spacial score (nSPS) is 16.9. The van der Waals surface area contributed by atoms with Crippen LogP contribution in [-0.2, 0) is 6.54 Å². The summed E-state index contributed by atoms with van der Waals surface area (Å²) in [5, 5.41) is 0.750. The minimum atomic E-state index is 0.535. The summed E-state index contributed by atoms with van der Waals surface area (Å²) in [6, 6.07) is 17.2. The fourth-order valence-electron chi connectivity index (χ4n) is 3.49. The Balaban J connectivity index is 1.44. The van der Waals surface area contributed by atoms with Crippen molar-refractivity contribution in [3.05, 3.63) is 65.4 Å². The fourth-order valence-corrected chi connectivity index (χ4v) is 3.66. The molecule has 4 heteroatoms. The third kappa shape index (κ3) is 3.12. The molecule has 0 spiro atoms. The van der Waals surface area contributed by atoms with E-state index in [1.165, 1.54) is 23.9 Å². The van der Waals surface area contributed by atoms with Crippen LogP contribution in [0.15, 0.2) is 54.9 Å². The molecule has 1 aromatic heterocycles. The quantitative estimate of drug-likeness (QED) is 0.705. The van der Waals surface area contributed by atoms with Gasteiger partial charge in [-0.15, -0.1) is 0 Å². The van der Waals surface area contributed by atoms with Crippen molar-refractivity contribution in [2.24, 2.45) is 0 Å². The Hall–Kier alpha value is -1.84. The summed E-state index contributed by atoms with van der Waals surface area (Å²) in [7, 11) is 0. The molecule has 1 fully saturated rings. The van der Waals surface area contributed by atoms with E-state index in [0.717, 1.165) is 30.2 Å². The van der Waals surface area contributed by atoms with Crippen LogP contribution in [0.3, 0.4) is 0 Å². The number of hydrogen-bond donors (Lipinski definition) is 0. The summed E-state index contributed by atoms with van der Waals surface area (Å²) in [6.07, 6.45) is 4.31. The molecule has 1 saturated heterocycles. The van der Waals surface area contributed by atoms with Gasteiger partial charge in [-0.1, -0.05) is 41.9 Å². The summed E-state index contributed by atoms with van der Waals surface area (Å²) >= 11 is 6.05. The molecule has 4 rings (SSSR count). The maximum atomic E-state index is 6.05. The maximum Gasteiger partial charge on any atom is 0.0960 e. The van der Waals surface area contributed by atoms with E-state index in [1.54, 1.807) is 0 Å². The number of fused-ring (bicyclic) bond motifs is 1. The minimum absolute atomic E-state index is 0.535. The van der Waals surface area contributed by atoms with Gasteiger partial charge in [0.2, 0.25) is 0 Å². The van der Waals surface area contributed by atoms with Crippen LogP contribution in [-0.4, -0.2) is 27.5 Å². The van der Waals surface area contributed by atoms with E-state index in [1.807, 2.05) is 18.5 Å².